The smallest absolute Gasteiger partial charge is 0.330 e. The van der Waals surface area contributed by atoms with Crippen LogP contribution in [-0.2, 0) is 14.3 Å². The summed E-state index contributed by atoms with van der Waals surface area (Å²) in [7, 11) is 1.28. The number of amides is 1. The summed E-state index contributed by atoms with van der Waals surface area (Å²) in [6.07, 6.45) is 2.31. The molecule has 2 rings (SSSR count). The van der Waals surface area contributed by atoms with Gasteiger partial charge in [-0.15, -0.1) is 0 Å². The van der Waals surface area contributed by atoms with Crippen molar-refractivity contribution in [2.45, 2.75) is 39.7 Å². The van der Waals surface area contributed by atoms with Gasteiger partial charge in [0.05, 0.1) is 19.3 Å². The molecule has 24 heavy (non-hydrogen) atoms. The first-order chi connectivity index (χ1) is 11.3. The van der Waals surface area contributed by atoms with Crippen molar-refractivity contribution in [1.82, 2.24) is 0 Å². The fourth-order valence-corrected chi connectivity index (χ4v) is 2.66. The van der Waals surface area contributed by atoms with Gasteiger partial charge in [-0.1, -0.05) is 39.8 Å². The number of esters is 1. The minimum Gasteiger partial charge on any atom is -0.486 e. The van der Waals surface area contributed by atoms with E-state index in [1.807, 2.05) is 18.2 Å². The molecule has 130 valence electrons. The Hall–Kier alpha value is -2.30. The number of para-hydroxylation sites is 1. The Balaban J connectivity index is 2.42. The lowest BCUT2D eigenvalue weighted by atomic mass is 9.97. The van der Waals surface area contributed by atoms with E-state index in [2.05, 4.69) is 32.4 Å². The highest BCUT2D eigenvalue weighted by Crippen LogP contribution is 2.40. The molecule has 0 aliphatic carbocycles. The number of carbonyl (C=O) groups excluding carboxylic acids is 2. The van der Waals surface area contributed by atoms with E-state index >= 15 is 0 Å². The largest absolute Gasteiger partial charge is 0.486 e. The van der Waals surface area contributed by atoms with Gasteiger partial charge in [-0.25, -0.2) is 4.79 Å². The highest BCUT2D eigenvalue weighted by Gasteiger charge is 2.32. The van der Waals surface area contributed by atoms with Crippen molar-refractivity contribution in [3.8, 4) is 5.75 Å². The molecule has 1 aliphatic heterocycles. The number of fused-ring (bicyclic) bond motifs is 1. The SMILES string of the molecule is COC(=O)/C=C\C(=O)N1CC(C(C)C)Oc2c(C(C)C)cccc21. The van der Waals surface area contributed by atoms with Crippen LogP contribution in [0.5, 0.6) is 5.75 Å². The molecule has 0 saturated carbocycles. The third-order valence-electron chi connectivity index (χ3n) is 4.14. The number of methoxy groups -OCH3 is 1. The van der Waals surface area contributed by atoms with Crippen LogP contribution in [0, 0.1) is 5.92 Å². The molecule has 0 bridgehead atoms. The average molecular weight is 331 g/mol. The lowest BCUT2D eigenvalue weighted by Gasteiger charge is -2.37. The lowest BCUT2D eigenvalue weighted by Crippen LogP contribution is -2.45. The Morgan fingerprint density at radius 3 is 2.54 bits per heavy atom. The quantitative estimate of drug-likeness (QED) is 0.627. The van der Waals surface area contributed by atoms with Gasteiger partial charge in [0, 0.05) is 12.2 Å². The summed E-state index contributed by atoms with van der Waals surface area (Å²) in [5.41, 5.74) is 1.82. The first-order valence-electron chi connectivity index (χ1n) is 8.22. The average Bonchev–Trinajstić information content (AvgIpc) is 2.57. The second-order valence-electron chi connectivity index (χ2n) is 6.56. The van der Waals surface area contributed by atoms with Crippen LogP contribution in [0.2, 0.25) is 0 Å². The first-order valence-corrected chi connectivity index (χ1v) is 8.22. The molecule has 0 spiro atoms. The molecule has 0 aromatic heterocycles. The third kappa shape index (κ3) is 3.78. The van der Waals surface area contributed by atoms with Crippen molar-refractivity contribution in [3.63, 3.8) is 0 Å². The van der Waals surface area contributed by atoms with Crippen LogP contribution in [0.4, 0.5) is 5.69 Å². The van der Waals surface area contributed by atoms with E-state index in [1.54, 1.807) is 4.90 Å². The molecule has 0 N–H and O–H groups in total. The number of hydrogen-bond acceptors (Lipinski definition) is 4. The maximum Gasteiger partial charge on any atom is 0.330 e. The Labute approximate surface area is 143 Å². The lowest BCUT2D eigenvalue weighted by molar-refractivity contribution is -0.135. The zero-order valence-electron chi connectivity index (χ0n) is 14.9. The van der Waals surface area contributed by atoms with Gasteiger partial charge in [-0.3, -0.25) is 4.79 Å². The van der Waals surface area contributed by atoms with E-state index in [4.69, 9.17) is 4.74 Å². The van der Waals surface area contributed by atoms with Crippen LogP contribution < -0.4 is 9.64 Å². The summed E-state index contributed by atoms with van der Waals surface area (Å²) in [6.45, 7) is 8.79. The van der Waals surface area contributed by atoms with Crippen molar-refractivity contribution in [1.29, 1.82) is 0 Å². The van der Waals surface area contributed by atoms with Crippen molar-refractivity contribution in [2.75, 3.05) is 18.6 Å². The minimum atomic E-state index is -0.548. The van der Waals surface area contributed by atoms with Crippen LogP contribution in [0.15, 0.2) is 30.4 Å². The molecular formula is C19H25NO4. The number of benzene rings is 1. The highest BCUT2D eigenvalue weighted by molar-refractivity contribution is 6.05. The zero-order valence-corrected chi connectivity index (χ0v) is 14.9. The number of hydrogen-bond donors (Lipinski definition) is 0. The van der Waals surface area contributed by atoms with Crippen LogP contribution in [0.1, 0.15) is 39.2 Å². The van der Waals surface area contributed by atoms with Gasteiger partial charge in [0.25, 0.3) is 5.91 Å². The van der Waals surface area contributed by atoms with Crippen molar-refractivity contribution >= 4 is 17.6 Å². The highest BCUT2D eigenvalue weighted by atomic mass is 16.5. The molecule has 1 atom stereocenters. The van der Waals surface area contributed by atoms with Gasteiger partial charge in [-0.2, -0.15) is 0 Å². The second-order valence-corrected chi connectivity index (χ2v) is 6.56. The number of ether oxygens (including phenoxy) is 2. The van der Waals surface area contributed by atoms with Crippen molar-refractivity contribution < 1.29 is 19.1 Å². The number of anilines is 1. The summed E-state index contributed by atoms with van der Waals surface area (Å²) in [5, 5.41) is 0. The summed E-state index contributed by atoms with van der Waals surface area (Å²) >= 11 is 0. The fourth-order valence-electron chi connectivity index (χ4n) is 2.66. The molecule has 1 aromatic rings. The third-order valence-corrected chi connectivity index (χ3v) is 4.14. The first kappa shape index (κ1) is 18.0. The molecular weight excluding hydrogens is 306 g/mol. The molecule has 5 nitrogen and oxygen atoms in total. The molecule has 0 fully saturated rings. The maximum atomic E-state index is 12.6. The Morgan fingerprint density at radius 2 is 1.96 bits per heavy atom. The van der Waals surface area contributed by atoms with Crippen molar-refractivity contribution in [3.05, 3.63) is 35.9 Å². The molecule has 1 aliphatic rings. The Bertz CT molecular complexity index is 649. The Kier molecular flexibility index (Phi) is 5.65. The summed E-state index contributed by atoms with van der Waals surface area (Å²) in [4.78, 5) is 25.5. The van der Waals surface area contributed by atoms with E-state index in [0.29, 0.717) is 6.54 Å². The standard InChI is InChI=1S/C19H25NO4/c1-12(2)14-7-6-8-15-19(14)24-16(13(3)4)11-20(15)17(21)9-10-18(22)23-5/h6-10,12-13,16H,11H2,1-5H3/b10-9-. The van der Waals surface area contributed by atoms with E-state index in [9.17, 15) is 9.59 Å². The zero-order chi connectivity index (χ0) is 17.9. The number of nitrogens with zero attached hydrogens (tertiary/aromatic N) is 1. The fraction of sp³-hybridized carbons (Fsp3) is 0.474. The van der Waals surface area contributed by atoms with Crippen LogP contribution in [0.3, 0.4) is 0 Å². The second kappa shape index (κ2) is 7.51. The predicted molar refractivity (Wildman–Crippen MR) is 93.3 cm³/mol. The van der Waals surface area contributed by atoms with Crippen LogP contribution >= 0.6 is 0 Å². The monoisotopic (exact) mass is 331 g/mol. The summed E-state index contributed by atoms with van der Waals surface area (Å²) in [6, 6.07) is 5.83. The van der Waals surface area contributed by atoms with E-state index in [-0.39, 0.29) is 23.8 Å². The Morgan fingerprint density at radius 1 is 1.25 bits per heavy atom. The van der Waals surface area contributed by atoms with Crippen LogP contribution in [0.25, 0.3) is 0 Å². The van der Waals surface area contributed by atoms with Gasteiger partial charge in [-0.05, 0) is 23.5 Å². The summed E-state index contributed by atoms with van der Waals surface area (Å²) in [5.74, 6) is 0.508. The van der Waals surface area contributed by atoms with Crippen molar-refractivity contribution in [2.24, 2.45) is 5.92 Å². The molecule has 1 heterocycles. The molecule has 0 saturated heterocycles. The van der Waals surface area contributed by atoms with Crippen LogP contribution in [-0.4, -0.2) is 31.6 Å². The number of carbonyl (C=O) groups is 2. The number of rotatable bonds is 4. The van der Waals surface area contributed by atoms with Gasteiger partial charge in [0.2, 0.25) is 0 Å². The topological polar surface area (TPSA) is 55.8 Å². The van der Waals surface area contributed by atoms with Gasteiger partial charge in [0.15, 0.2) is 0 Å². The minimum absolute atomic E-state index is 0.0899. The molecule has 1 unspecified atom stereocenters. The molecule has 1 amide bonds. The molecule has 1 aromatic carbocycles. The van der Waals surface area contributed by atoms with Gasteiger partial charge < -0.3 is 14.4 Å². The van der Waals surface area contributed by atoms with Gasteiger partial charge >= 0.3 is 5.97 Å². The summed E-state index contributed by atoms with van der Waals surface area (Å²) < 4.78 is 10.7. The normalized spacial score (nSPS) is 17.1. The molecule has 0 radical (unpaired) electrons. The molecule has 5 heteroatoms. The predicted octanol–water partition coefficient (Wildman–Crippen LogP) is 3.29. The van der Waals surface area contributed by atoms with Gasteiger partial charge in [0.1, 0.15) is 11.9 Å². The van der Waals surface area contributed by atoms with E-state index in [0.717, 1.165) is 23.1 Å². The van der Waals surface area contributed by atoms with E-state index < -0.39 is 5.97 Å². The van der Waals surface area contributed by atoms with E-state index in [1.165, 1.54) is 13.2 Å². The maximum absolute atomic E-state index is 12.6.